The normalized spacial score (nSPS) is 30.7. The summed E-state index contributed by atoms with van der Waals surface area (Å²) in [4.78, 5) is 4.05. The van der Waals surface area contributed by atoms with Crippen LogP contribution >= 0.6 is 0 Å². The molecule has 9 heavy (non-hydrogen) atoms. The molecule has 0 aromatic carbocycles. The molecule has 48 valence electrons. The predicted molar refractivity (Wildman–Crippen MR) is 36.3 cm³/mol. The summed E-state index contributed by atoms with van der Waals surface area (Å²) in [5.74, 6) is 0.253. The molecule has 0 spiro atoms. The van der Waals surface area contributed by atoms with Crippen molar-refractivity contribution in [1.82, 2.24) is 0 Å². The summed E-state index contributed by atoms with van der Waals surface area (Å²) in [6.07, 6.45) is 2.96. The Kier molecular flexibility index (Phi) is 1.84. The Morgan fingerprint density at radius 3 is 2.89 bits per heavy atom. The van der Waals surface area contributed by atoms with Gasteiger partial charge in [-0.1, -0.05) is 0 Å². The fourth-order valence-electron chi connectivity index (χ4n) is 1.14. The van der Waals surface area contributed by atoms with Gasteiger partial charge in [-0.25, -0.2) is 0 Å². The van der Waals surface area contributed by atoms with Crippen molar-refractivity contribution in [2.75, 3.05) is 7.05 Å². The molecular formula is C7H10N2. The first kappa shape index (κ1) is 6.28. The lowest BCUT2D eigenvalue weighted by Crippen LogP contribution is -1.90. The van der Waals surface area contributed by atoms with Crippen LogP contribution in [0.15, 0.2) is 4.99 Å². The van der Waals surface area contributed by atoms with E-state index in [1.165, 1.54) is 5.71 Å². The highest BCUT2D eigenvalue weighted by Gasteiger charge is 2.18. The molecule has 0 saturated heterocycles. The third-order valence-electron chi connectivity index (χ3n) is 1.76. The van der Waals surface area contributed by atoms with Gasteiger partial charge in [0, 0.05) is 19.2 Å². The van der Waals surface area contributed by atoms with Gasteiger partial charge in [-0.3, -0.25) is 4.99 Å². The van der Waals surface area contributed by atoms with Crippen LogP contribution in [0, 0.1) is 17.2 Å². The standard InChI is InChI=1S/C7H10N2/c1-9-7-3-2-6(4-7)5-8/h6H,2-4H2,1H3/b9-7+. The maximum absolute atomic E-state index is 8.47. The maximum Gasteiger partial charge on any atom is 0.0659 e. The molecular weight excluding hydrogens is 112 g/mol. The topological polar surface area (TPSA) is 36.1 Å². The zero-order valence-electron chi connectivity index (χ0n) is 5.59. The minimum atomic E-state index is 0.253. The van der Waals surface area contributed by atoms with Crippen molar-refractivity contribution in [3.8, 4) is 6.07 Å². The third-order valence-corrected chi connectivity index (χ3v) is 1.76. The van der Waals surface area contributed by atoms with Crippen molar-refractivity contribution in [3.63, 3.8) is 0 Å². The molecule has 0 aromatic rings. The summed E-state index contributed by atoms with van der Waals surface area (Å²) in [5.41, 5.74) is 1.21. The van der Waals surface area contributed by atoms with Crippen LogP contribution < -0.4 is 0 Å². The van der Waals surface area contributed by atoms with Crippen LogP contribution in [0.2, 0.25) is 0 Å². The van der Waals surface area contributed by atoms with Gasteiger partial charge in [0.2, 0.25) is 0 Å². The summed E-state index contributed by atoms with van der Waals surface area (Å²) in [5, 5.41) is 8.47. The van der Waals surface area contributed by atoms with Crippen LogP contribution in [-0.2, 0) is 0 Å². The predicted octanol–water partition coefficient (Wildman–Crippen LogP) is 1.38. The number of rotatable bonds is 0. The molecule has 1 fully saturated rings. The van der Waals surface area contributed by atoms with Crippen LogP contribution in [0.25, 0.3) is 0 Å². The fourth-order valence-corrected chi connectivity index (χ4v) is 1.14. The summed E-state index contributed by atoms with van der Waals surface area (Å²) < 4.78 is 0. The highest BCUT2D eigenvalue weighted by atomic mass is 14.7. The SMILES string of the molecule is C/N=C1\CCC(C#N)C1. The van der Waals surface area contributed by atoms with Gasteiger partial charge < -0.3 is 0 Å². The Balaban J connectivity index is 2.50. The lowest BCUT2D eigenvalue weighted by atomic mass is 10.1. The summed E-state index contributed by atoms with van der Waals surface area (Å²) in [6.45, 7) is 0. The van der Waals surface area contributed by atoms with E-state index >= 15 is 0 Å². The highest BCUT2D eigenvalue weighted by Crippen LogP contribution is 2.21. The molecule has 2 nitrogen and oxygen atoms in total. The molecule has 0 bridgehead atoms. The largest absolute Gasteiger partial charge is 0.297 e. The Labute approximate surface area is 55.2 Å². The monoisotopic (exact) mass is 122 g/mol. The van der Waals surface area contributed by atoms with Crippen LogP contribution in [0.4, 0.5) is 0 Å². The molecule has 1 aliphatic carbocycles. The van der Waals surface area contributed by atoms with E-state index in [0.29, 0.717) is 0 Å². The van der Waals surface area contributed by atoms with Crippen molar-refractivity contribution < 1.29 is 0 Å². The van der Waals surface area contributed by atoms with Crippen molar-refractivity contribution in [2.24, 2.45) is 10.9 Å². The second-order valence-electron chi connectivity index (χ2n) is 2.36. The van der Waals surface area contributed by atoms with Crippen LogP contribution in [0.5, 0.6) is 0 Å². The number of hydrogen-bond donors (Lipinski definition) is 0. The quantitative estimate of drug-likeness (QED) is 0.478. The lowest BCUT2D eigenvalue weighted by Gasteiger charge is -1.89. The minimum absolute atomic E-state index is 0.253. The molecule has 0 amide bonds. The van der Waals surface area contributed by atoms with E-state index in [-0.39, 0.29) is 5.92 Å². The molecule has 1 atom stereocenters. The molecule has 0 radical (unpaired) electrons. The number of nitriles is 1. The van der Waals surface area contributed by atoms with E-state index in [9.17, 15) is 0 Å². The molecule has 1 rings (SSSR count). The van der Waals surface area contributed by atoms with E-state index in [0.717, 1.165) is 19.3 Å². The second kappa shape index (κ2) is 2.63. The van der Waals surface area contributed by atoms with Crippen molar-refractivity contribution in [1.29, 1.82) is 5.26 Å². The van der Waals surface area contributed by atoms with E-state index in [1.54, 1.807) is 7.05 Å². The van der Waals surface area contributed by atoms with Gasteiger partial charge >= 0.3 is 0 Å². The van der Waals surface area contributed by atoms with Gasteiger partial charge in [0.05, 0.1) is 12.0 Å². The number of aliphatic imine (C=N–C) groups is 1. The molecule has 0 aliphatic heterocycles. The molecule has 1 saturated carbocycles. The highest BCUT2D eigenvalue weighted by molar-refractivity contribution is 5.86. The first-order valence-corrected chi connectivity index (χ1v) is 3.21. The van der Waals surface area contributed by atoms with Gasteiger partial charge in [0.15, 0.2) is 0 Å². The maximum atomic E-state index is 8.47. The summed E-state index contributed by atoms with van der Waals surface area (Å²) in [7, 11) is 1.80. The van der Waals surface area contributed by atoms with Gasteiger partial charge in [0.1, 0.15) is 0 Å². The molecule has 1 unspecified atom stereocenters. The Hall–Kier alpha value is -0.840. The molecule has 0 N–H and O–H groups in total. The molecule has 1 aliphatic rings. The summed E-state index contributed by atoms with van der Waals surface area (Å²) in [6, 6.07) is 2.25. The smallest absolute Gasteiger partial charge is 0.0659 e. The number of nitrogens with zero attached hydrogens (tertiary/aromatic N) is 2. The number of hydrogen-bond acceptors (Lipinski definition) is 2. The average Bonchev–Trinajstić information content (AvgIpc) is 2.34. The van der Waals surface area contributed by atoms with Gasteiger partial charge in [-0.05, 0) is 12.8 Å². The van der Waals surface area contributed by atoms with Crippen LogP contribution in [0.3, 0.4) is 0 Å². The zero-order chi connectivity index (χ0) is 6.69. The van der Waals surface area contributed by atoms with Gasteiger partial charge in [-0.15, -0.1) is 0 Å². The average molecular weight is 122 g/mol. The van der Waals surface area contributed by atoms with Crippen LogP contribution in [-0.4, -0.2) is 12.8 Å². The zero-order valence-corrected chi connectivity index (χ0v) is 5.59. The summed E-state index contributed by atoms with van der Waals surface area (Å²) >= 11 is 0. The second-order valence-corrected chi connectivity index (χ2v) is 2.36. The van der Waals surface area contributed by atoms with E-state index < -0.39 is 0 Å². The molecule has 0 heterocycles. The third kappa shape index (κ3) is 1.29. The first-order chi connectivity index (χ1) is 4.36. The van der Waals surface area contributed by atoms with Crippen molar-refractivity contribution in [3.05, 3.63) is 0 Å². The van der Waals surface area contributed by atoms with Crippen LogP contribution in [0.1, 0.15) is 19.3 Å². The Morgan fingerprint density at radius 1 is 1.78 bits per heavy atom. The molecule has 0 aromatic heterocycles. The van der Waals surface area contributed by atoms with Crippen molar-refractivity contribution >= 4 is 5.71 Å². The van der Waals surface area contributed by atoms with Gasteiger partial charge in [0.25, 0.3) is 0 Å². The Morgan fingerprint density at radius 2 is 2.56 bits per heavy atom. The van der Waals surface area contributed by atoms with E-state index in [1.807, 2.05) is 0 Å². The first-order valence-electron chi connectivity index (χ1n) is 3.21. The molecule has 2 heteroatoms. The Bertz CT molecular complexity index is 164. The van der Waals surface area contributed by atoms with E-state index in [4.69, 9.17) is 5.26 Å². The van der Waals surface area contributed by atoms with E-state index in [2.05, 4.69) is 11.1 Å². The van der Waals surface area contributed by atoms with Gasteiger partial charge in [-0.2, -0.15) is 5.26 Å². The minimum Gasteiger partial charge on any atom is -0.297 e. The van der Waals surface area contributed by atoms with Crippen molar-refractivity contribution in [2.45, 2.75) is 19.3 Å². The fraction of sp³-hybridized carbons (Fsp3) is 0.714. The lowest BCUT2D eigenvalue weighted by molar-refractivity contribution is 0.711.